The summed E-state index contributed by atoms with van der Waals surface area (Å²) in [6.07, 6.45) is 7.95. The van der Waals surface area contributed by atoms with E-state index in [2.05, 4.69) is 31.8 Å². The summed E-state index contributed by atoms with van der Waals surface area (Å²) in [4.78, 5) is 11.4. The van der Waals surface area contributed by atoms with Gasteiger partial charge in [0.15, 0.2) is 0 Å². The number of hydrogen-bond acceptors (Lipinski definition) is 9. The number of piperidine rings is 1. The van der Waals surface area contributed by atoms with Crippen LogP contribution in [0.4, 0.5) is 5.95 Å². The van der Waals surface area contributed by atoms with Crippen LogP contribution in [-0.4, -0.2) is 81.1 Å². The SMILES string of the molecule is CCCc1cnc(N2CCC3(CC2)CC(NCC(O)COc2cccc(S(=O)(=O)NC)c2)CO3)nc1. The number of sulfonamides is 1. The minimum Gasteiger partial charge on any atom is -0.491 e. The Morgan fingerprint density at radius 2 is 2.03 bits per heavy atom. The molecule has 4 rings (SSSR count). The first-order valence-electron chi connectivity index (χ1n) is 12.6. The molecule has 11 heteroatoms. The number of hydrogen-bond donors (Lipinski definition) is 3. The molecule has 2 aromatic rings. The normalized spacial score (nSPS) is 20.5. The number of nitrogens with one attached hydrogen (secondary N) is 2. The molecule has 2 unspecified atom stereocenters. The number of rotatable bonds is 11. The van der Waals surface area contributed by atoms with E-state index < -0.39 is 16.1 Å². The first-order valence-corrected chi connectivity index (χ1v) is 14.1. The minimum atomic E-state index is -3.55. The van der Waals surface area contributed by atoms with Crippen molar-refractivity contribution in [1.29, 1.82) is 0 Å². The summed E-state index contributed by atoms with van der Waals surface area (Å²) < 4.78 is 38.0. The number of anilines is 1. The second-order valence-electron chi connectivity index (χ2n) is 9.58. The number of aryl methyl sites for hydroxylation is 1. The summed E-state index contributed by atoms with van der Waals surface area (Å²) in [7, 11) is -2.19. The summed E-state index contributed by atoms with van der Waals surface area (Å²) in [5, 5.41) is 13.8. The van der Waals surface area contributed by atoms with Crippen molar-refractivity contribution >= 4 is 16.0 Å². The van der Waals surface area contributed by atoms with Crippen LogP contribution in [0.1, 0.15) is 38.2 Å². The Hall–Kier alpha value is -2.31. The number of aliphatic hydroxyl groups excluding tert-OH is 1. The first kappa shape index (κ1) is 26.7. The lowest BCUT2D eigenvalue weighted by atomic mass is 9.87. The van der Waals surface area contributed by atoms with E-state index in [0.29, 0.717) is 18.9 Å². The van der Waals surface area contributed by atoms with Gasteiger partial charge in [-0.2, -0.15) is 0 Å². The molecule has 2 atom stereocenters. The van der Waals surface area contributed by atoms with E-state index in [9.17, 15) is 13.5 Å². The van der Waals surface area contributed by atoms with Gasteiger partial charge in [0.2, 0.25) is 16.0 Å². The molecule has 0 bridgehead atoms. The Balaban J connectivity index is 1.19. The van der Waals surface area contributed by atoms with Gasteiger partial charge in [-0.25, -0.2) is 23.1 Å². The molecule has 2 saturated heterocycles. The zero-order chi connectivity index (χ0) is 25.6. The maximum Gasteiger partial charge on any atom is 0.240 e. The van der Waals surface area contributed by atoms with Crippen molar-refractivity contribution in [2.24, 2.45) is 0 Å². The Kier molecular flexibility index (Phi) is 8.78. The van der Waals surface area contributed by atoms with Gasteiger partial charge in [-0.05, 0) is 50.4 Å². The van der Waals surface area contributed by atoms with E-state index in [1.807, 2.05) is 12.4 Å². The van der Waals surface area contributed by atoms with Crippen molar-refractivity contribution in [2.45, 2.75) is 61.7 Å². The Morgan fingerprint density at radius 1 is 1.28 bits per heavy atom. The number of benzene rings is 1. The lowest BCUT2D eigenvalue weighted by Crippen LogP contribution is -2.45. The van der Waals surface area contributed by atoms with Crippen LogP contribution in [-0.2, 0) is 21.2 Å². The molecule has 0 radical (unpaired) electrons. The molecule has 0 saturated carbocycles. The molecule has 0 aliphatic carbocycles. The van der Waals surface area contributed by atoms with Gasteiger partial charge in [0.05, 0.1) is 17.1 Å². The van der Waals surface area contributed by atoms with Gasteiger partial charge in [0, 0.05) is 44.1 Å². The van der Waals surface area contributed by atoms with Crippen molar-refractivity contribution in [3.63, 3.8) is 0 Å². The van der Waals surface area contributed by atoms with Gasteiger partial charge < -0.3 is 24.8 Å². The Labute approximate surface area is 213 Å². The summed E-state index contributed by atoms with van der Waals surface area (Å²) in [6, 6.07) is 6.38. The predicted octanol–water partition coefficient (Wildman–Crippen LogP) is 1.49. The minimum absolute atomic E-state index is 0.0563. The molecule has 1 aromatic heterocycles. The molecule has 36 heavy (non-hydrogen) atoms. The fraction of sp³-hybridized carbons (Fsp3) is 0.600. The van der Waals surface area contributed by atoms with Crippen molar-refractivity contribution in [1.82, 2.24) is 20.0 Å². The summed E-state index contributed by atoms with van der Waals surface area (Å²) >= 11 is 0. The summed E-state index contributed by atoms with van der Waals surface area (Å²) in [6.45, 7) is 4.90. The van der Waals surface area contributed by atoms with E-state index in [0.717, 1.165) is 51.1 Å². The van der Waals surface area contributed by atoms with Crippen LogP contribution in [0.2, 0.25) is 0 Å². The third kappa shape index (κ3) is 6.71. The molecule has 3 N–H and O–H groups in total. The maximum atomic E-state index is 11.9. The molecule has 2 aliphatic heterocycles. The molecule has 1 spiro atoms. The molecule has 10 nitrogen and oxygen atoms in total. The Morgan fingerprint density at radius 3 is 2.72 bits per heavy atom. The van der Waals surface area contributed by atoms with Gasteiger partial charge in [-0.3, -0.25) is 0 Å². The smallest absolute Gasteiger partial charge is 0.240 e. The molecule has 1 aromatic carbocycles. The molecular formula is C25H37N5O5S. The van der Waals surface area contributed by atoms with Gasteiger partial charge in [-0.1, -0.05) is 19.4 Å². The Bertz CT molecular complexity index is 1090. The van der Waals surface area contributed by atoms with Crippen LogP contribution >= 0.6 is 0 Å². The zero-order valence-electron chi connectivity index (χ0n) is 21.0. The monoisotopic (exact) mass is 519 g/mol. The van der Waals surface area contributed by atoms with Gasteiger partial charge in [0.25, 0.3) is 0 Å². The number of nitrogens with zero attached hydrogens (tertiary/aromatic N) is 3. The fourth-order valence-electron chi connectivity index (χ4n) is 4.77. The molecule has 3 heterocycles. The van der Waals surface area contributed by atoms with Gasteiger partial charge >= 0.3 is 0 Å². The van der Waals surface area contributed by atoms with Gasteiger partial charge in [0.1, 0.15) is 18.5 Å². The lowest BCUT2D eigenvalue weighted by Gasteiger charge is -2.38. The molecule has 2 aliphatic rings. The largest absolute Gasteiger partial charge is 0.491 e. The summed E-state index contributed by atoms with van der Waals surface area (Å²) in [5.41, 5.74) is 1.03. The van der Waals surface area contributed by atoms with Crippen molar-refractivity contribution in [3.8, 4) is 5.75 Å². The first-order chi connectivity index (χ1) is 17.3. The van der Waals surface area contributed by atoms with Crippen molar-refractivity contribution < 1.29 is 23.0 Å². The topological polar surface area (TPSA) is 126 Å². The van der Waals surface area contributed by atoms with E-state index in [1.165, 1.54) is 24.7 Å². The van der Waals surface area contributed by atoms with Crippen molar-refractivity contribution in [2.75, 3.05) is 44.8 Å². The highest BCUT2D eigenvalue weighted by Crippen LogP contribution is 2.36. The highest BCUT2D eigenvalue weighted by molar-refractivity contribution is 7.89. The van der Waals surface area contributed by atoms with Crippen molar-refractivity contribution in [3.05, 3.63) is 42.2 Å². The van der Waals surface area contributed by atoms with Crippen LogP contribution in [0, 0.1) is 0 Å². The predicted molar refractivity (Wildman–Crippen MR) is 137 cm³/mol. The molecular weight excluding hydrogens is 482 g/mol. The number of aromatic nitrogens is 2. The molecule has 2 fully saturated rings. The van der Waals surface area contributed by atoms with E-state index in [1.54, 1.807) is 12.1 Å². The third-order valence-corrected chi connectivity index (χ3v) is 8.28. The van der Waals surface area contributed by atoms with Crippen LogP contribution in [0.25, 0.3) is 0 Å². The standard InChI is InChI=1S/C25H37N5O5S/c1-3-5-19-14-28-24(29-15-19)30-10-8-25(9-11-30)13-20(17-35-25)27-16-21(31)18-34-22-6-4-7-23(12-22)36(32,33)26-2/h4,6-7,12,14-15,20-21,26-27,31H,3,5,8-11,13,16-18H2,1-2H3. The third-order valence-electron chi connectivity index (χ3n) is 6.87. The average Bonchev–Trinajstić information content (AvgIpc) is 3.30. The van der Waals surface area contributed by atoms with Gasteiger partial charge in [-0.15, -0.1) is 0 Å². The highest BCUT2D eigenvalue weighted by Gasteiger charge is 2.43. The lowest BCUT2D eigenvalue weighted by molar-refractivity contribution is -0.0152. The van der Waals surface area contributed by atoms with Crippen LogP contribution in [0.5, 0.6) is 5.75 Å². The molecule has 0 amide bonds. The zero-order valence-corrected chi connectivity index (χ0v) is 21.8. The quantitative estimate of drug-likeness (QED) is 0.405. The van der Waals surface area contributed by atoms with Crippen LogP contribution in [0.3, 0.4) is 0 Å². The second-order valence-corrected chi connectivity index (χ2v) is 11.5. The maximum absolute atomic E-state index is 11.9. The van der Waals surface area contributed by atoms with Crippen LogP contribution in [0.15, 0.2) is 41.6 Å². The number of aliphatic hydroxyl groups is 1. The average molecular weight is 520 g/mol. The summed E-state index contributed by atoms with van der Waals surface area (Å²) in [5.74, 6) is 1.18. The van der Waals surface area contributed by atoms with E-state index in [4.69, 9.17) is 9.47 Å². The van der Waals surface area contributed by atoms with E-state index >= 15 is 0 Å². The molecule has 198 valence electrons. The number of ether oxygens (including phenoxy) is 2. The van der Waals surface area contributed by atoms with E-state index in [-0.39, 0.29) is 23.1 Å². The highest BCUT2D eigenvalue weighted by atomic mass is 32.2. The second kappa shape index (κ2) is 11.8. The fourth-order valence-corrected chi connectivity index (χ4v) is 5.53. The van der Waals surface area contributed by atoms with Crippen LogP contribution < -0.4 is 19.7 Å².